The second-order valence-electron chi connectivity index (χ2n) is 9.25. The molecule has 6 rings (SSSR count). The average molecular weight is 458 g/mol. The van der Waals surface area contributed by atoms with Crippen LogP contribution in [-0.4, -0.2) is 67.0 Å². The number of piperazine rings is 1. The molecule has 0 bridgehead atoms. The van der Waals surface area contributed by atoms with Crippen LogP contribution in [0.15, 0.2) is 40.9 Å². The van der Waals surface area contributed by atoms with Gasteiger partial charge in [-0.1, -0.05) is 0 Å². The Bertz CT molecular complexity index is 1330. The van der Waals surface area contributed by atoms with Crippen molar-refractivity contribution in [2.24, 2.45) is 5.92 Å². The number of amides is 1. The van der Waals surface area contributed by atoms with Gasteiger partial charge in [0.15, 0.2) is 0 Å². The number of fused-ring (bicyclic) bond motifs is 1. The topological polar surface area (TPSA) is 104 Å². The minimum atomic E-state index is 0.308. The third-order valence-corrected chi connectivity index (χ3v) is 6.55. The highest BCUT2D eigenvalue weighted by atomic mass is 16.4. The molecule has 1 saturated heterocycles. The SMILES string of the molecule is Cc1nnc(-c2ccc3nc(Cc4cc(CN5CCN(C(=O)C6CC6)CC5)ccn4)[nH]c3c2)o1. The summed E-state index contributed by atoms with van der Waals surface area (Å²) in [6.45, 7) is 6.15. The Balaban J connectivity index is 1.11. The Morgan fingerprint density at radius 2 is 1.97 bits per heavy atom. The Labute approximate surface area is 197 Å². The summed E-state index contributed by atoms with van der Waals surface area (Å²) in [5.74, 6) is 2.58. The summed E-state index contributed by atoms with van der Waals surface area (Å²) < 4.78 is 5.54. The Morgan fingerprint density at radius 3 is 2.74 bits per heavy atom. The smallest absolute Gasteiger partial charge is 0.247 e. The molecule has 4 heterocycles. The molecule has 9 heteroatoms. The molecule has 0 unspecified atom stereocenters. The fraction of sp³-hybridized carbons (Fsp3) is 0.400. The van der Waals surface area contributed by atoms with Gasteiger partial charge in [-0.25, -0.2) is 4.98 Å². The number of carbonyl (C=O) groups is 1. The number of hydrogen-bond acceptors (Lipinski definition) is 7. The van der Waals surface area contributed by atoms with Gasteiger partial charge in [0, 0.05) is 69.4 Å². The maximum Gasteiger partial charge on any atom is 0.247 e. The van der Waals surface area contributed by atoms with E-state index >= 15 is 0 Å². The summed E-state index contributed by atoms with van der Waals surface area (Å²) >= 11 is 0. The predicted octanol–water partition coefficient (Wildman–Crippen LogP) is 2.96. The number of pyridine rings is 1. The maximum atomic E-state index is 12.3. The number of benzene rings is 1. The number of imidazole rings is 1. The summed E-state index contributed by atoms with van der Waals surface area (Å²) in [7, 11) is 0. The fourth-order valence-corrected chi connectivity index (χ4v) is 4.56. The second kappa shape index (κ2) is 8.64. The minimum Gasteiger partial charge on any atom is -0.421 e. The number of nitrogens with zero attached hydrogens (tertiary/aromatic N) is 6. The molecule has 0 spiro atoms. The monoisotopic (exact) mass is 457 g/mol. The summed E-state index contributed by atoms with van der Waals surface area (Å²) in [5, 5.41) is 8.00. The normalized spacial score (nSPS) is 16.9. The van der Waals surface area contributed by atoms with Crippen LogP contribution in [0, 0.1) is 12.8 Å². The van der Waals surface area contributed by atoms with E-state index in [1.165, 1.54) is 5.56 Å². The molecule has 2 fully saturated rings. The summed E-state index contributed by atoms with van der Waals surface area (Å²) in [6.07, 6.45) is 4.64. The van der Waals surface area contributed by atoms with Crippen molar-refractivity contribution in [1.82, 2.24) is 34.9 Å². The van der Waals surface area contributed by atoms with E-state index in [4.69, 9.17) is 9.40 Å². The van der Waals surface area contributed by atoms with E-state index in [2.05, 4.69) is 37.2 Å². The van der Waals surface area contributed by atoms with E-state index in [0.717, 1.165) is 73.7 Å². The lowest BCUT2D eigenvalue weighted by Gasteiger charge is -2.35. The van der Waals surface area contributed by atoms with Crippen molar-refractivity contribution in [1.29, 1.82) is 0 Å². The molecule has 1 amide bonds. The molecule has 1 aliphatic heterocycles. The number of aryl methyl sites for hydroxylation is 1. The number of H-pyrrole nitrogens is 1. The molecule has 1 saturated carbocycles. The molecule has 1 aromatic carbocycles. The summed E-state index contributed by atoms with van der Waals surface area (Å²) in [4.78, 5) is 29.4. The maximum absolute atomic E-state index is 12.3. The summed E-state index contributed by atoms with van der Waals surface area (Å²) in [6, 6.07) is 10.1. The third kappa shape index (κ3) is 4.43. The molecular formula is C25H27N7O2. The van der Waals surface area contributed by atoms with Crippen LogP contribution in [0.25, 0.3) is 22.5 Å². The molecule has 0 radical (unpaired) electrons. The van der Waals surface area contributed by atoms with Gasteiger partial charge in [0.2, 0.25) is 17.7 Å². The molecule has 9 nitrogen and oxygen atoms in total. The largest absolute Gasteiger partial charge is 0.421 e. The van der Waals surface area contributed by atoms with Gasteiger partial charge in [0.25, 0.3) is 0 Å². The number of aromatic nitrogens is 5. The van der Waals surface area contributed by atoms with Crippen molar-refractivity contribution in [2.45, 2.75) is 32.7 Å². The van der Waals surface area contributed by atoms with Crippen LogP contribution in [0.1, 0.15) is 35.8 Å². The van der Waals surface area contributed by atoms with E-state index in [0.29, 0.717) is 30.0 Å². The van der Waals surface area contributed by atoms with E-state index in [9.17, 15) is 4.79 Å². The molecule has 34 heavy (non-hydrogen) atoms. The Hall–Kier alpha value is -3.59. The van der Waals surface area contributed by atoms with Crippen molar-refractivity contribution >= 4 is 16.9 Å². The van der Waals surface area contributed by atoms with Crippen LogP contribution >= 0.6 is 0 Å². The molecule has 1 aliphatic carbocycles. The van der Waals surface area contributed by atoms with Crippen molar-refractivity contribution in [3.05, 3.63) is 59.5 Å². The predicted molar refractivity (Wildman–Crippen MR) is 126 cm³/mol. The highest BCUT2D eigenvalue weighted by molar-refractivity contribution is 5.81. The average Bonchev–Trinajstić information content (AvgIpc) is 3.48. The highest BCUT2D eigenvalue weighted by Gasteiger charge is 2.34. The number of rotatable bonds is 6. The van der Waals surface area contributed by atoms with Gasteiger partial charge in [-0.3, -0.25) is 14.7 Å². The zero-order valence-corrected chi connectivity index (χ0v) is 19.2. The molecule has 4 aromatic rings. The van der Waals surface area contributed by atoms with Crippen LogP contribution < -0.4 is 0 Å². The first-order chi connectivity index (χ1) is 16.6. The quantitative estimate of drug-likeness (QED) is 0.475. The Morgan fingerprint density at radius 1 is 1.12 bits per heavy atom. The lowest BCUT2D eigenvalue weighted by molar-refractivity contribution is -0.134. The minimum absolute atomic E-state index is 0.308. The number of carbonyl (C=O) groups excluding carboxylic acids is 1. The van der Waals surface area contributed by atoms with Gasteiger partial charge in [0.1, 0.15) is 5.82 Å². The number of nitrogens with one attached hydrogen (secondary N) is 1. The van der Waals surface area contributed by atoms with Crippen LogP contribution in [0.3, 0.4) is 0 Å². The first-order valence-corrected chi connectivity index (χ1v) is 11.8. The number of aromatic amines is 1. The van der Waals surface area contributed by atoms with Crippen molar-refractivity contribution < 1.29 is 9.21 Å². The second-order valence-corrected chi connectivity index (χ2v) is 9.25. The van der Waals surface area contributed by atoms with Crippen LogP contribution in [0.5, 0.6) is 0 Å². The van der Waals surface area contributed by atoms with Crippen molar-refractivity contribution in [2.75, 3.05) is 26.2 Å². The van der Waals surface area contributed by atoms with Crippen LogP contribution in [0.2, 0.25) is 0 Å². The van der Waals surface area contributed by atoms with E-state index in [1.54, 1.807) is 6.92 Å². The van der Waals surface area contributed by atoms with Gasteiger partial charge in [0.05, 0.1) is 11.0 Å². The summed E-state index contributed by atoms with van der Waals surface area (Å²) in [5.41, 5.74) is 4.90. The first kappa shape index (κ1) is 21.0. The standard InChI is InChI=1S/C25H27N7O2/c1-16-29-30-24(34-16)19-4-5-21-22(13-19)28-23(27-21)14-20-12-17(6-7-26-20)15-31-8-10-32(11-9-31)25(33)18-2-3-18/h4-7,12-13,18H,2-3,8-11,14-15H2,1H3,(H,27,28). The lowest BCUT2D eigenvalue weighted by Crippen LogP contribution is -2.48. The molecule has 2 aliphatic rings. The molecule has 1 N–H and O–H groups in total. The van der Waals surface area contributed by atoms with Crippen molar-refractivity contribution in [3.8, 4) is 11.5 Å². The van der Waals surface area contributed by atoms with Gasteiger partial charge >= 0.3 is 0 Å². The van der Waals surface area contributed by atoms with Crippen LogP contribution in [-0.2, 0) is 17.8 Å². The van der Waals surface area contributed by atoms with Gasteiger partial charge in [-0.2, -0.15) is 0 Å². The molecule has 0 atom stereocenters. The van der Waals surface area contributed by atoms with Crippen molar-refractivity contribution in [3.63, 3.8) is 0 Å². The third-order valence-electron chi connectivity index (χ3n) is 6.55. The fourth-order valence-electron chi connectivity index (χ4n) is 4.56. The van der Waals surface area contributed by atoms with E-state index < -0.39 is 0 Å². The number of hydrogen-bond donors (Lipinski definition) is 1. The van der Waals surface area contributed by atoms with Gasteiger partial charge in [-0.15, -0.1) is 10.2 Å². The van der Waals surface area contributed by atoms with Crippen LogP contribution in [0.4, 0.5) is 0 Å². The molecule has 174 valence electrons. The lowest BCUT2D eigenvalue weighted by atomic mass is 10.1. The first-order valence-electron chi connectivity index (χ1n) is 11.8. The van der Waals surface area contributed by atoms with E-state index in [1.807, 2.05) is 29.3 Å². The molecular weight excluding hydrogens is 430 g/mol. The molecule has 3 aromatic heterocycles. The van der Waals surface area contributed by atoms with Gasteiger partial charge < -0.3 is 14.3 Å². The highest BCUT2D eigenvalue weighted by Crippen LogP contribution is 2.31. The van der Waals surface area contributed by atoms with Gasteiger partial charge in [-0.05, 0) is 48.7 Å². The van der Waals surface area contributed by atoms with E-state index in [-0.39, 0.29) is 0 Å². The zero-order chi connectivity index (χ0) is 23.1. The zero-order valence-electron chi connectivity index (χ0n) is 19.2. The Kier molecular flexibility index (Phi) is 5.33.